The molecule has 0 N–H and O–H groups in total. The second-order valence-corrected chi connectivity index (χ2v) is 9.88. The van der Waals surface area contributed by atoms with Crippen LogP contribution in [0.4, 0.5) is 0 Å². The van der Waals surface area contributed by atoms with Crippen LogP contribution in [0, 0.1) is 13.8 Å². The third-order valence-electron chi connectivity index (χ3n) is 4.88. The normalized spacial score (nSPS) is 10.9. The topological polar surface area (TPSA) is 9.23 Å². The van der Waals surface area contributed by atoms with E-state index in [-0.39, 0.29) is 0 Å². The van der Waals surface area contributed by atoms with Crippen molar-refractivity contribution in [1.29, 1.82) is 0 Å². The second kappa shape index (κ2) is 8.95. The summed E-state index contributed by atoms with van der Waals surface area (Å²) in [7, 11) is -0.755. The first-order chi connectivity index (χ1) is 14.1. The molecule has 0 bridgehead atoms. The highest BCUT2D eigenvalue weighted by atomic mass is 79.9. The van der Waals surface area contributed by atoms with Crippen LogP contribution >= 0.6 is 23.9 Å². The van der Waals surface area contributed by atoms with Gasteiger partial charge in [-0.1, -0.05) is 78.9 Å². The molecule has 0 aliphatic rings. The van der Waals surface area contributed by atoms with E-state index < -0.39 is 7.92 Å². The maximum Gasteiger partial charge on any atom is 0.141 e. The minimum Gasteiger partial charge on any atom is -0.455 e. The Hall–Kier alpha value is -2.41. The molecule has 29 heavy (non-hydrogen) atoms. The maximum atomic E-state index is 6.41. The Kier molecular flexibility index (Phi) is 6.13. The van der Waals surface area contributed by atoms with Gasteiger partial charge < -0.3 is 4.74 Å². The summed E-state index contributed by atoms with van der Waals surface area (Å²) in [5.74, 6) is 1.72. The van der Waals surface area contributed by atoms with Crippen LogP contribution in [0.2, 0.25) is 0 Å². The summed E-state index contributed by atoms with van der Waals surface area (Å²) >= 11 is 3.61. The van der Waals surface area contributed by atoms with E-state index in [0.29, 0.717) is 0 Å². The van der Waals surface area contributed by atoms with Gasteiger partial charge >= 0.3 is 0 Å². The molecule has 0 heterocycles. The van der Waals surface area contributed by atoms with E-state index in [1.54, 1.807) is 0 Å². The minimum absolute atomic E-state index is 0.755. The van der Waals surface area contributed by atoms with Gasteiger partial charge in [-0.3, -0.25) is 0 Å². The van der Waals surface area contributed by atoms with Crippen LogP contribution in [0.25, 0.3) is 0 Å². The molecule has 0 aliphatic carbocycles. The molecule has 0 radical (unpaired) electrons. The third kappa shape index (κ3) is 4.29. The molecule has 1 nitrogen and oxygen atoms in total. The van der Waals surface area contributed by atoms with Gasteiger partial charge in [0.25, 0.3) is 0 Å². The summed E-state index contributed by atoms with van der Waals surface area (Å²) in [5, 5.41) is 3.95. The lowest BCUT2D eigenvalue weighted by Gasteiger charge is -2.25. The van der Waals surface area contributed by atoms with Crippen LogP contribution in [0.15, 0.2) is 102 Å². The Balaban J connectivity index is 1.90. The van der Waals surface area contributed by atoms with Crippen LogP contribution < -0.4 is 20.7 Å². The number of para-hydroxylation sites is 2. The van der Waals surface area contributed by atoms with Crippen molar-refractivity contribution >= 4 is 39.8 Å². The summed E-state index contributed by atoms with van der Waals surface area (Å²) in [4.78, 5) is 0. The number of hydrogen-bond acceptors (Lipinski definition) is 1. The third-order valence-corrected chi connectivity index (χ3v) is 8.35. The van der Waals surface area contributed by atoms with Crippen LogP contribution in [-0.4, -0.2) is 0 Å². The van der Waals surface area contributed by atoms with Crippen LogP contribution in [-0.2, 0) is 0 Å². The SMILES string of the molecule is Cc1ccccc1P(c1ccccc1C)c1ccccc1Oc1ccccc1Br. The Labute approximate surface area is 182 Å². The molecule has 4 aromatic carbocycles. The first-order valence-corrected chi connectivity index (χ1v) is 11.7. The number of hydrogen-bond donors (Lipinski definition) is 0. The highest BCUT2D eigenvalue weighted by Crippen LogP contribution is 2.40. The quantitative estimate of drug-likeness (QED) is 0.304. The molecular weight excluding hydrogens is 439 g/mol. The molecule has 0 unspecified atom stereocenters. The van der Waals surface area contributed by atoms with Crippen LogP contribution in [0.1, 0.15) is 11.1 Å². The lowest BCUT2D eigenvalue weighted by Crippen LogP contribution is -2.24. The molecule has 0 spiro atoms. The first-order valence-electron chi connectivity index (χ1n) is 9.58. The molecule has 0 aromatic heterocycles. The summed E-state index contributed by atoms with van der Waals surface area (Å²) in [5.41, 5.74) is 2.61. The Morgan fingerprint density at radius 3 is 1.55 bits per heavy atom. The lowest BCUT2D eigenvalue weighted by atomic mass is 10.2. The molecule has 144 valence electrons. The molecule has 0 fully saturated rings. The smallest absolute Gasteiger partial charge is 0.141 e. The van der Waals surface area contributed by atoms with Crippen molar-refractivity contribution in [2.45, 2.75) is 13.8 Å². The maximum absolute atomic E-state index is 6.41. The van der Waals surface area contributed by atoms with Gasteiger partial charge in [0.1, 0.15) is 11.5 Å². The summed E-state index contributed by atoms with van der Waals surface area (Å²) in [6.45, 7) is 4.39. The van der Waals surface area contributed by atoms with Gasteiger partial charge in [0, 0.05) is 5.30 Å². The van der Waals surface area contributed by atoms with Crippen molar-refractivity contribution in [1.82, 2.24) is 0 Å². The average Bonchev–Trinajstić information content (AvgIpc) is 2.74. The molecule has 0 saturated heterocycles. The predicted octanol–water partition coefficient (Wildman–Crippen LogP) is 6.62. The van der Waals surface area contributed by atoms with Crippen LogP contribution in [0.5, 0.6) is 11.5 Å². The summed E-state index contributed by atoms with van der Waals surface area (Å²) in [6.07, 6.45) is 0. The summed E-state index contributed by atoms with van der Waals surface area (Å²) < 4.78 is 7.36. The number of rotatable bonds is 5. The lowest BCUT2D eigenvalue weighted by molar-refractivity contribution is 0.483. The van der Waals surface area contributed by atoms with E-state index >= 15 is 0 Å². The highest BCUT2D eigenvalue weighted by Gasteiger charge is 2.23. The molecule has 0 amide bonds. The van der Waals surface area contributed by atoms with Crippen molar-refractivity contribution in [3.05, 3.63) is 113 Å². The van der Waals surface area contributed by atoms with Gasteiger partial charge in [-0.25, -0.2) is 0 Å². The average molecular weight is 461 g/mol. The van der Waals surface area contributed by atoms with Crippen molar-refractivity contribution in [2.75, 3.05) is 0 Å². The standard InChI is InChI=1S/C26H22BrOP/c1-19-11-3-8-16-24(19)29(25-17-9-4-12-20(25)2)26-18-10-7-15-23(26)28-22-14-6-5-13-21(22)27/h3-18H,1-2H3. The van der Waals surface area contributed by atoms with E-state index in [4.69, 9.17) is 4.74 Å². The highest BCUT2D eigenvalue weighted by molar-refractivity contribution is 9.10. The monoisotopic (exact) mass is 460 g/mol. The van der Waals surface area contributed by atoms with Crippen LogP contribution in [0.3, 0.4) is 0 Å². The fourth-order valence-corrected chi connectivity index (χ4v) is 6.44. The number of ether oxygens (including phenoxy) is 1. The zero-order chi connectivity index (χ0) is 20.2. The van der Waals surface area contributed by atoms with E-state index in [0.717, 1.165) is 16.0 Å². The Morgan fingerprint density at radius 1 is 0.552 bits per heavy atom. The molecule has 0 aliphatic heterocycles. The van der Waals surface area contributed by atoms with Gasteiger partial charge in [-0.05, 0) is 77.6 Å². The fraction of sp³-hybridized carbons (Fsp3) is 0.0769. The van der Waals surface area contributed by atoms with E-state index in [9.17, 15) is 0 Å². The molecule has 0 saturated carbocycles. The number of halogens is 1. The predicted molar refractivity (Wildman–Crippen MR) is 129 cm³/mol. The minimum atomic E-state index is -0.755. The van der Waals surface area contributed by atoms with E-state index in [1.165, 1.54) is 27.0 Å². The van der Waals surface area contributed by atoms with Gasteiger partial charge in [-0.2, -0.15) is 0 Å². The molecule has 4 aromatic rings. The first kappa shape index (κ1) is 19.9. The largest absolute Gasteiger partial charge is 0.455 e. The van der Waals surface area contributed by atoms with E-state index in [2.05, 4.69) is 96.5 Å². The van der Waals surface area contributed by atoms with Gasteiger partial charge in [0.05, 0.1) is 4.47 Å². The van der Waals surface area contributed by atoms with Gasteiger partial charge in [0.15, 0.2) is 0 Å². The number of aryl methyl sites for hydroxylation is 2. The zero-order valence-corrected chi connectivity index (χ0v) is 19.0. The van der Waals surface area contributed by atoms with Crippen molar-refractivity contribution in [2.24, 2.45) is 0 Å². The number of benzene rings is 4. The molecule has 3 heteroatoms. The van der Waals surface area contributed by atoms with Crippen molar-refractivity contribution < 1.29 is 4.74 Å². The van der Waals surface area contributed by atoms with Crippen molar-refractivity contribution in [3.8, 4) is 11.5 Å². The van der Waals surface area contributed by atoms with Crippen molar-refractivity contribution in [3.63, 3.8) is 0 Å². The molecule has 0 atom stereocenters. The molecular formula is C26H22BrOP. The summed E-state index contributed by atoms with van der Waals surface area (Å²) in [6, 6.07) is 33.8. The van der Waals surface area contributed by atoms with Gasteiger partial charge in [0.2, 0.25) is 0 Å². The second-order valence-electron chi connectivity index (χ2n) is 6.91. The Bertz CT molecular complexity index is 1090. The van der Waals surface area contributed by atoms with Gasteiger partial charge in [-0.15, -0.1) is 0 Å². The zero-order valence-electron chi connectivity index (χ0n) is 16.5. The van der Waals surface area contributed by atoms with E-state index in [1.807, 2.05) is 30.3 Å². The Morgan fingerprint density at radius 2 is 1.00 bits per heavy atom. The fourth-order valence-electron chi connectivity index (χ4n) is 3.39. The molecule has 4 rings (SSSR count).